The molecule has 23 heavy (non-hydrogen) atoms. The molecular weight excluding hydrogens is 310 g/mol. The second-order valence-corrected chi connectivity index (χ2v) is 7.21. The minimum Gasteiger partial charge on any atom is -0.347 e. The van der Waals surface area contributed by atoms with Crippen LogP contribution in [0.3, 0.4) is 0 Å². The van der Waals surface area contributed by atoms with Gasteiger partial charge in [0.05, 0.1) is 5.39 Å². The number of hydrogen-bond donors (Lipinski definition) is 1. The quantitative estimate of drug-likeness (QED) is 0.802. The zero-order valence-electron chi connectivity index (χ0n) is 13.3. The first-order chi connectivity index (χ1) is 11.2. The van der Waals surface area contributed by atoms with E-state index in [1.165, 1.54) is 23.3 Å². The van der Waals surface area contributed by atoms with Crippen LogP contribution in [0, 0.1) is 0 Å². The van der Waals surface area contributed by atoms with Crippen LogP contribution in [0.1, 0.15) is 54.2 Å². The highest BCUT2D eigenvalue weighted by Gasteiger charge is 2.22. The number of amides is 1. The fourth-order valence-electron chi connectivity index (χ4n) is 3.04. The lowest BCUT2D eigenvalue weighted by molar-refractivity contribution is 0.0929. The molecule has 1 aliphatic carbocycles. The molecule has 3 aromatic rings. The summed E-state index contributed by atoms with van der Waals surface area (Å²) < 4.78 is 1.63. The van der Waals surface area contributed by atoms with Crippen LogP contribution < -0.4 is 5.32 Å². The van der Waals surface area contributed by atoms with Crippen LogP contribution in [0.15, 0.2) is 6.33 Å². The summed E-state index contributed by atoms with van der Waals surface area (Å²) >= 11 is 1.75. The van der Waals surface area contributed by atoms with E-state index in [4.69, 9.17) is 0 Å². The van der Waals surface area contributed by atoms with Gasteiger partial charge in [-0.3, -0.25) is 4.79 Å². The van der Waals surface area contributed by atoms with Crippen molar-refractivity contribution in [3.8, 4) is 0 Å². The Labute approximate surface area is 137 Å². The van der Waals surface area contributed by atoms with E-state index in [1.807, 2.05) is 13.8 Å². The molecule has 1 amide bonds. The third kappa shape index (κ3) is 2.39. The molecule has 0 saturated carbocycles. The van der Waals surface area contributed by atoms with Crippen LogP contribution >= 0.6 is 11.3 Å². The molecule has 6 nitrogen and oxygen atoms in total. The van der Waals surface area contributed by atoms with Gasteiger partial charge in [-0.15, -0.1) is 16.4 Å². The van der Waals surface area contributed by atoms with Crippen molar-refractivity contribution in [3.05, 3.63) is 22.6 Å². The van der Waals surface area contributed by atoms with Gasteiger partial charge in [-0.25, -0.2) is 14.5 Å². The van der Waals surface area contributed by atoms with Gasteiger partial charge in [0, 0.05) is 10.9 Å². The lowest BCUT2D eigenvalue weighted by atomic mass is 9.97. The van der Waals surface area contributed by atoms with E-state index >= 15 is 0 Å². The fourth-order valence-corrected chi connectivity index (χ4v) is 4.26. The first kappa shape index (κ1) is 14.6. The smallest absolute Gasteiger partial charge is 0.291 e. The van der Waals surface area contributed by atoms with Crippen molar-refractivity contribution in [1.29, 1.82) is 0 Å². The van der Waals surface area contributed by atoms with Gasteiger partial charge < -0.3 is 5.32 Å². The van der Waals surface area contributed by atoms with Crippen molar-refractivity contribution in [1.82, 2.24) is 24.9 Å². The number of carbonyl (C=O) groups excluding carboxylic acids is 1. The van der Waals surface area contributed by atoms with Crippen molar-refractivity contribution in [3.63, 3.8) is 0 Å². The third-order valence-electron chi connectivity index (χ3n) is 4.48. The van der Waals surface area contributed by atoms with Crippen LogP contribution in [0.25, 0.3) is 15.9 Å². The van der Waals surface area contributed by atoms with Gasteiger partial charge in [-0.1, -0.05) is 6.92 Å². The summed E-state index contributed by atoms with van der Waals surface area (Å²) in [6.07, 6.45) is 7.17. The maximum absolute atomic E-state index is 12.3. The summed E-state index contributed by atoms with van der Waals surface area (Å²) in [5, 5.41) is 8.32. The Morgan fingerprint density at radius 3 is 3.09 bits per heavy atom. The molecule has 1 unspecified atom stereocenters. The molecule has 3 aromatic heterocycles. The molecule has 0 spiro atoms. The number of fused-ring (bicyclic) bond motifs is 5. The van der Waals surface area contributed by atoms with Crippen molar-refractivity contribution in [2.45, 2.75) is 52.0 Å². The van der Waals surface area contributed by atoms with Crippen LogP contribution in [-0.4, -0.2) is 31.5 Å². The second-order valence-electron chi connectivity index (χ2n) is 6.12. The molecule has 7 heteroatoms. The van der Waals surface area contributed by atoms with E-state index in [9.17, 15) is 4.79 Å². The first-order valence-corrected chi connectivity index (χ1v) is 8.95. The highest BCUT2D eigenvalue weighted by molar-refractivity contribution is 7.19. The van der Waals surface area contributed by atoms with E-state index in [-0.39, 0.29) is 17.8 Å². The largest absolute Gasteiger partial charge is 0.347 e. The molecule has 4 rings (SSSR count). The highest BCUT2D eigenvalue weighted by Crippen LogP contribution is 2.36. The van der Waals surface area contributed by atoms with Gasteiger partial charge in [0.1, 0.15) is 11.2 Å². The average molecular weight is 329 g/mol. The van der Waals surface area contributed by atoms with Crippen LogP contribution in [0.5, 0.6) is 0 Å². The summed E-state index contributed by atoms with van der Waals surface area (Å²) in [6.45, 7) is 4.01. The Kier molecular flexibility index (Phi) is 3.52. The van der Waals surface area contributed by atoms with Crippen LogP contribution in [0.4, 0.5) is 0 Å². The summed E-state index contributed by atoms with van der Waals surface area (Å²) in [7, 11) is 0. The molecule has 0 aliphatic heterocycles. The Balaban J connectivity index is 1.83. The Morgan fingerprint density at radius 1 is 1.43 bits per heavy atom. The average Bonchev–Trinajstić information content (AvgIpc) is 3.15. The predicted octanol–water partition coefficient (Wildman–Crippen LogP) is 2.75. The zero-order chi connectivity index (χ0) is 16.0. The lowest BCUT2D eigenvalue weighted by Crippen LogP contribution is -2.32. The summed E-state index contributed by atoms with van der Waals surface area (Å²) in [5.41, 5.74) is 2.11. The van der Waals surface area contributed by atoms with Crippen LogP contribution in [0.2, 0.25) is 0 Å². The number of carbonyl (C=O) groups is 1. The normalized spacial score (nSPS) is 15.7. The maximum atomic E-state index is 12.3. The molecule has 1 N–H and O–H groups in total. The zero-order valence-corrected chi connectivity index (χ0v) is 14.1. The lowest BCUT2D eigenvalue weighted by Gasteiger charge is -2.09. The molecule has 1 aliphatic rings. The molecule has 0 aromatic carbocycles. The number of rotatable bonds is 3. The summed E-state index contributed by atoms with van der Waals surface area (Å²) in [6, 6.07) is 0.112. The monoisotopic (exact) mass is 329 g/mol. The van der Waals surface area contributed by atoms with Crippen molar-refractivity contribution >= 4 is 33.1 Å². The Morgan fingerprint density at radius 2 is 2.26 bits per heavy atom. The molecule has 0 saturated heterocycles. The number of aryl methyl sites for hydroxylation is 2. The number of nitrogens with one attached hydrogen (secondary N) is 1. The highest BCUT2D eigenvalue weighted by atomic mass is 32.1. The molecule has 1 atom stereocenters. The van der Waals surface area contributed by atoms with Gasteiger partial charge in [0.15, 0.2) is 5.65 Å². The number of thiophene rings is 1. The summed E-state index contributed by atoms with van der Waals surface area (Å²) in [5.74, 6) is -0.00402. The van der Waals surface area contributed by atoms with E-state index in [1.54, 1.807) is 22.2 Å². The molecule has 0 radical (unpaired) electrons. The Bertz CT molecular complexity index is 897. The summed E-state index contributed by atoms with van der Waals surface area (Å²) in [4.78, 5) is 23.7. The van der Waals surface area contributed by atoms with Gasteiger partial charge in [-0.2, -0.15) is 0 Å². The van der Waals surface area contributed by atoms with E-state index in [2.05, 4.69) is 20.4 Å². The van der Waals surface area contributed by atoms with Gasteiger partial charge in [-0.05, 0) is 44.6 Å². The number of hydrogen-bond acceptors (Lipinski definition) is 5. The predicted molar refractivity (Wildman–Crippen MR) is 90.0 cm³/mol. The Hall–Kier alpha value is -2.02. The first-order valence-electron chi connectivity index (χ1n) is 8.14. The minimum absolute atomic E-state index is 0.112. The van der Waals surface area contributed by atoms with Gasteiger partial charge in [0.25, 0.3) is 5.91 Å². The molecular formula is C16H19N5OS. The minimum atomic E-state index is -0.222. The van der Waals surface area contributed by atoms with E-state index < -0.39 is 0 Å². The van der Waals surface area contributed by atoms with E-state index in [0.717, 1.165) is 35.1 Å². The molecule has 3 heterocycles. The van der Waals surface area contributed by atoms with Crippen molar-refractivity contribution in [2.24, 2.45) is 0 Å². The number of nitrogens with zero attached hydrogens (tertiary/aromatic N) is 4. The molecule has 0 bridgehead atoms. The topological polar surface area (TPSA) is 72.2 Å². The third-order valence-corrected chi connectivity index (χ3v) is 5.68. The van der Waals surface area contributed by atoms with Crippen molar-refractivity contribution in [2.75, 3.05) is 0 Å². The standard InChI is InChI=1S/C16H19N5OS/c1-3-9(2)18-15(22)13-19-14-12-10-6-4-5-7-11(10)23-16(12)17-8-21(14)20-13/h8-9H,3-7H2,1-2H3,(H,18,22). The molecule has 0 fully saturated rings. The van der Waals surface area contributed by atoms with E-state index in [0.29, 0.717) is 0 Å². The van der Waals surface area contributed by atoms with Gasteiger partial charge >= 0.3 is 0 Å². The maximum Gasteiger partial charge on any atom is 0.291 e. The van der Waals surface area contributed by atoms with Crippen LogP contribution in [-0.2, 0) is 12.8 Å². The second kappa shape index (κ2) is 5.56. The van der Waals surface area contributed by atoms with Gasteiger partial charge in [0.2, 0.25) is 5.82 Å². The van der Waals surface area contributed by atoms with Crippen molar-refractivity contribution < 1.29 is 4.79 Å². The SMILES string of the molecule is CCC(C)NC(=O)c1nc2c3c4c(sc3ncn2n1)CCCC4. The number of aromatic nitrogens is 4. The molecule has 120 valence electrons. The fraction of sp³-hybridized carbons (Fsp3) is 0.500.